The van der Waals surface area contributed by atoms with Crippen LogP contribution in [-0.4, -0.2) is 9.78 Å². The van der Waals surface area contributed by atoms with Crippen LogP contribution < -0.4 is 11.1 Å². The number of nitrogens with one attached hydrogen (secondary N) is 1. The van der Waals surface area contributed by atoms with Crippen molar-refractivity contribution < 1.29 is 0 Å². The number of benzene rings is 1. The molecule has 0 aliphatic rings. The lowest BCUT2D eigenvalue weighted by atomic mass is 10.2. The Labute approximate surface area is 99.0 Å². The second kappa shape index (κ2) is 4.45. The van der Waals surface area contributed by atoms with Crippen molar-refractivity contribution in [2.24, 2.45) is 7.05 Å². The van der Waals surface area contributed by atoms with Crippen LogP contribution in [-0.2, 0) is 13.6 Å². The molecule has 0 saturated heterocycles. The Kier molecular flexibility index (Phi) is 3.01. The first-order valence-corrected chi connectivity index (χ1v) is 5.29. The topological polar surface area (TPSA) is 55.9 Å². The highest BCUT2D eigenvalue weighted by Crippen LogP contribution is 2.22. The van der Waals surface area contributed by atoms with Crippen molar-refractivity contribution in [3.05, 3.63) is 41.2 Å². The molecule has 0 radical (unpaired) electrons. The van der Waals surface area contributed by atoms with Crippen molar-refractivity contribution in [3.63, 3.8) is 0 Å². The maximum Gasteiger partial charge on any atom is 0.0577 e. The van der Waals surface area contributed by atoms with Crippen LogP contribution in [0.4, 0.5) is 11.4 Å². The van der Waals surface area contributed by atoms with E-state index in [0.717, 1.165) is 11.3 Å². The highest BCUT2D eigenvalue weighted by Gasteiger charge is 2.00. The molecule has 3 N–H and O–H groups in total. The Balaban J connectivity index is 2.04. The fraction of sp³-hybridized carbons (Fsp3) is 0.182. The third kappa shape index (κ3) is 2.46. The predicted octanol–water partition coefficient (Wildman–Crippen LogP) is 2.27. The van der Waals surface area contributed by atoms with Gasteiger partial charge in [0.05, 0.1) is 17.6 Å². The number of aryl methyl sites for hydroxylation is 1. The molecule has 0 bridgehead atoms. The Morgan fingerprint density at radius 2 is 2.31 bits per heavy atom. The predicted molar refractivity (Wildman–Crippen MR) is 66.4 cm³/mol. The third-order valence-electron chi connectivity index (χ3n) is 2.25. The van der Waals surface area contributed by atoms with E-state index < -0.39 is 0 Å². The van der Waals surface area contributed by atoms with Gasteiger partial charge in [0, 0.05) is 30.4 Å². The number of nitrogens with two attached hydrogens (primary N) is 1. The SMILES string of the molecule is Cn1cc(CNc2ccc(Cl)cc2N)cn1. The van der Waals surface area contributed by atoms with E-state index in [9.17, 15) is 0 Å². The molecule has 2 aromatic rings. The van der Waals surface area contributed by atoms with Crippen molar-refractivity contribution >= 4 is 23.0 Å². The number of hydrogen-bond donors (Lipinski definition) is 2. The first kappa shape index (κ1) is 10.8. The summed E-state index contributed by atoms with van der Waals surface area (Å²) in [6.45, 7) is 0.694. The van der Waals surface area contributed by atoms with Gasteiger partial charge in [0.2, 0.25) is 0 Å². The first-order valence-electron chi connectivity index (χ1n) is 4.91. The molecular weight excluding hydrogens is 224 g/mol. The van der Waals surface area contributed by atoms with Gasteiger partial charge in [0.15, 0.2) is 0 Å². The Morgan fingerprint density at radius 3 is 2.94 bits per heavy atom. The Hall–Kier alpha value is -1.68. The number of halogens is 1. The van der Waals surface area contributed by atoms with Gasteiger partial charge in [-0.05, 0) is 18.2 Å². The summed E-state index contributed by atoms with van der Waals surface area (Å²) in [5.74, 6) is 0. The van der Waals surface area contributed by atoms with Crippen LogP contribution in [0.2, 0.25) is 5.02 Å². The van der Waals surface area contributed by atoms with Crippen LogP contribution in [0.3, 0.4) is 0 Å². The minimum atomic E-state index is 0.643. The molecule has 1 aromatic heterocycles. The Morgan fingerprint density at radius 1 is 1.50 bits per heavy atom. The van der Waals surface area contributed by atoms with Crippen LogP contribution in [0.25, 0.3) is 0 Å². The molecule has 0 atom stereocenters. The number of aromatic nitrogens is 2. The highest BCUT2D eigenvalue weighted by molar-refractivity contribution is 6.31. The van der Waals surface area contributed by atoms with Crippen LogP contribution >= 0.6 is 11.6 Å². The maximum atomic E-state index is 5.82. The molecule has 0 saturated carbocycles. The summed E-state index contributed by atoms with van der Waals surface area (Å²) in [4.78, 5) is 0. The summed E-state index contributed by atoms with van der Waals surface area (Å²) in [7, 11) is 1.89. The number of nitrogen functional groups attached to an aromatic ring is 1. The van der Waals surface area contributed by atoms with Crippen LogP contribution in [0.1, 0.15) is 5.56 Å². The van der Waals surface area contributed by atoms with Crippen molar-refractivity contribution in [2.45, 2.75) is 6.54 Å². The van der Waals surface area contributed by atoms with Crippen molar-refractivity contribution in [1.29, 1.82) is 0 Å². The van der Waals surface area contributed by atoms with Gasteiger partial charge in [-0.3, -0.25) is 4.68 Å². The van der Waals surface area contributed by atoms with E-state index in [2.05, 4.69) is 10.4 Å². The molecule has 0 unspecified atom stereocenters. The standard InChI is InChI=1S/C11H13ClN4/c1-16-7-8(6-15-16)5-14-11-3-2-9(12)4-10(11)13/h2-4,6-7,14H,5,13H2,1H3. The van der Waals surface area contributed by atoms with Gasteiger partial charge < -0.3 is 11.1 Å². The molecule has 4 nitrogen and oxygen atoms in total. The lowest BCUT2D eigenvalue weighted by molar-refractivity contribution is 0.767. The van der Waals surface area contributed by atoms with E-state index in [1.807, 2.05) is 31.6 Å². The van der Waals surface area contributed by atoms with Gasteiger partial charge in [-0.25, -0.2) is 0 Å². The van der Waals surface area contributed by atoms with Crippen molar-refractivity contribution in [3.8, 4) is 0 Å². The zero-order valence-corrected chi connectivity index (χ0v) is 9.70. The summed E-state index contributed by atoms with van der Waals surface area (Å²) >= 11 is 5.82. The molecule has 84 valence electrons. The van der Waals surface area contributed by atoms with Crippen LogP contribution in [0.5, 0.6) is 0 Å². The van der Waals surface area contributed by atoms with Gasteiger partial charge in [-0.15, -0.1) is 0 Å². The van der Waals surface area contributed by atoms with Gasteiger partial charge in [-0.1, -0.05) is 11.6 Å². The number of hydrogen-bond acceptors (Lipinski definition) is 3. The number of rotatable bonds is 3. The zero-order valence-electron chi connectivity index (χ0n) is 8.94. The minimum Gasteiger partial charge on any atom is -0.397 e. The minimum absolute atomic E-state index is 0.643. The van der Waals surface area contributed by atoms with E-state index in [1.165, 1.54) is 0 Å². The second-order valence-corrected chi connectivity index (χ2v) is 4.04. The molecular formula is C11H13ClN4. The van der Waals surface area contributed by atoms with Crippen molar-refractivity contribution in [1.82, 2.24) is 9.78 Å². The molecule has 1 heterocycles. The highest BCUT2D eigenvalue weighted by atomic mass is 35.5. The zero-order chi connectivity index (χ0) is 11.5. The largest absolute Gasteiger partial charge is 0.397 e. The molecule has 0 aliphatic heterocycles. The van der Waals surface area contributed by atoms with Gasteiger partial charge in [0.1, 0.15) is 0 Å². The van der Waals surface area contributed by atoms with Crippen LogP contribution in [0, 0.1) is 0 Å². The third-order valence-corrected chi connectivity index (χ3v) is 2.49. The fourth-order valence-corrected chi connectivity index (χ4v) is 1.64. The summed E-state index contributed by atoms with van der Waals surface area (Å²) in [5, 5.41) is 7.97. The van der Waals surface area contributed by atoms with Crippen molar-refractivity contribution in [2.75, 3.05) is 11.1 Å². The monoisotopic (exact) mass is 236 g/mol. The normalized spacial score (nSPS) is 10.4. The molecule has 16 heavy (non-hydrogen) atoms. The average molecular weight is 237 g/mol. The molecule has 2 rings (SSSR count). The first-order chi connectivity index (χ1) is 7.65. The van der Waals surface area contributed by atoms with E-state index in [1.54, 1.807) is 10.7 Å². The maximum absolute atomic E-state index is 5.82. The number of nitrogens with zero attached hydrogens (tertiary/aromatic N) is 2. The lowest BCUT2D eigenvalue weighted by Gasteiger charge is -2.08. The second-order valence-electron chi connectivity index (χ2n) is 3.61. The molecule has 0 spiro atoms. The smallest absolute Gasteiger partial charge is 0.0577 e. The summed E-state index contributed by atoms with van der Waals surface area (Å²) < 4.78 is 1.77. The average Bonchev–Trinajstić information content (AvgIpc) is 2.63. The van der Waals surface area contributed by atoms with Gasteiger partial charge >= 0.3 is 0 Å². The lowest BCUT2D eigenvalue weighted by Crippen LogP contribution is -2.01. The van der Waals surface area contributed by atoms with E-state index >= 15 is 0 Å². The van der Waals surface area contributed by atoms with E-state index in [-0.39, 0.29) is 0 Å². The summed E-state index contributed by atoms with van der Waals surface area (Å²) in [6, 6.07) is 5.41. The molecule has 0 amide bonds. The van der Waals surface area contributed by atoms with Gasteiger partial charge in [0.25, 0.3) is 0 Å². The molecule has 5 heteroatoms. The molecule has 0 fully saturated rings. The quantitative estimate of drug-likeness (QED) is 0.804. The van der Waals surface area contributed by atoms with Gasteiger partial charge in [-0.2, -0.15) is 5.10 Å². The molecule has 0 aliphatic carbocycles. The van der Waals surface area contributed by atoms with Crippen LogP contribution in [0.15, 0.2) is 30.6 Å². The Bertz CT molecular complexity index is 492. The van der Waals surface area contributed by atoms with E-state index in [4.69, 9.17) is 17.3 Å². The summed E-state index contributed by atoms with van der Waals surface area (Å²) in [5.41, 5.74) is 8.46. The fourth-order valence-electron chi connectivity index (χ4n) is 1.46. The molecule has 1 aromatic carbocycles. The van der Waals surface area contributed by atoms with E-state index in [0.29, 0.717) is 17.3 Å². The number of anilines is 2. The summed E-state index contributed by atoms with van der Waals surface area (Å²) in [6.07, 6.45) is 3.78.